The topological polar surface area (TPSA) is 77.5 Å². The van der Waals surface area contributed by atoms with Crippen LogP contribution in [0.3, 0.4) is 0 Å². The lowest BCUT2D eigenvalue weighted by Crippen LogP contribution is -2.40. The molecular weight excluding hydrogens is 414 g/mol. The van der Waals surface area contributed by atoms with E-state index < -0.39 is 0 Å². The fourth-order valence-corrected chi connectivity index (χ4v) is 4.81. The Morgan fingerprint density at radius 2 is 1.97 bits per heavy atom. The van der Waals surface area contributed by atoms with Gasteiger partial charge in [-0.25, -0.2) is 0 Å². The molecule has 0 spiro atoms. The molecule has 1 atom stereocenters. The third kappa shape index (κ3) is 3.72. The third-order valence-electron chi connectivity index (χ3n) is 6.38. The summed E-state index contributed by atoms with van der Waals surface area (Å²) >= 11 is 0. The number of carbonyl (C=O) groups excluding carboxylic acids is 1. The Morgan fingerprint density at radius 1 is 1.15 bits per heavy atom. The zero-order valence-corrected chi connectivity index (χ0v) is 19.4. The first kappa shape index (κ1) is 21.1. The molecule has 0 saturated heterocycles. The highest BCUT2D eigenvalue weighted by Gasteiger charge is 2.33. The molecule has 3 heterocycles. The Kier molecular flexibility index (Phi) is 5.30. The van der Waals surface area contributed by atoms with Crippen LogP contribution < -0.4 is 16.1 Å². The van der Waals surface area contributed by atoms with Crippen molar-refractivity contribution in [3.8, 4) is 11.1 Å². The van der Waals surface area contributed by atoms with E-state index in [1.807, 2.05) is 60.6 Å². The molecule has 8 heteroatoms. The van der Waals surface area contributed by atoms with Gasteiger partial charge in [0.1, 0.15) is 0 Å². The van der Waals surface area contributed by atoms with Crippen LogP contribution in [0.2, 0.25) is 0 Å². The molecule has 1 unspecified atom stereocenters. The zero-order valence-electron chi connectivity index (χ0n) is 19.4. The Morgan fingerprint density at radius 3 is 2.73 bits per heavy atom. The van der Waals surface area contributed by atoms with E-state index in [9.17, 15) is 4.79 Å². The summed E-state index contributed by atoms with van der Waals surface area (Å²) in [6.07, 6.45) is 4.79. The molecule has 0 saturated carbocycles. The van der Waals surface area contributed by atoms with E-state index in [1.54, 1.807) is 7.05 Å². The molecular formula is C25H29N7O. The van der Waals surface area contributed by atoms with E-state index in [0.717, 1.165) is 35.5 Å². The monoisotopic (exact) mass is 443 g/mol. The molecule has 0 bridgehead atoms. The predicted octanol–water partition coefficient (Wildman–Crippen LogP) is 3.36. The Labute approximate surface area is 193 Å². The van der Waals surface area contributed by atoms with Crippen LogP contribution in [0.4, 0.5) is 5.69 Å². The first-order valence-electron chi connectivity index (χ1n) is 11.2. The maximum Gasteiger partial charge on any atom is 0.253 e. The van der Waals surface area contributed by atoms with Crippen molar-refractivity contribution in [3.63, 3.8) is 0 Å². The van der Waals surface area contributed by atoms with Crippen molar-refractivity contribution < 1.29 is 4.79 Å². The number of para-hydroxylation sites is 1. The molecule has 3 aromatic rings. The number of rotatable bonds is 4. The van der Waals surface area contributed by atoms with Crippen LogP contribution in [0.15, 0.2) is 60.6 Å². The van der Waals surface area contributed by atoms with Crippen LogP contribution in [0.1, 0.15) is 40.9 Å². The molecule has 2 aliphatic rings. The van der Waals surface area contributed by atoms with E-state index in [4.69, 9.17) is 0 Å². The highest BCUT2D eigenvalue weighted by atomic mass is 16.1. The Bertz CT molecular complexity index is 1250. The van der Waals surface area contributed by atoms with Crippen molar-refractivity contribution in [2.75, 3.05) is 26.0 Å². The van der Waals surface area contributed by atoms with Crippen molar-refractivity contribution in [1.82, 2.24) is 30.6 Å². The minimum Gasteiger partial charge on any atom is -0.377 e. The minimum absolute atomic E-state index is 0.0294. The molecule has 1 amide bonds. The van der Waals surface area contributed by atoms with Crippen molar-refractivity contribution in [2.24, 2.45) is 7.05 Å². The summed E-state index contributed by atoms with van der Waals surface area (Å²) in [4.78, 5) is 12.5. The summed E-state index contributed by atoms with van der Waals surface area (Å²) < 4.78 is 1.82. The quantitative estimate of drug-likeness (QED) is 0.574. The highest BCUT2D eigenvalue weighted by Crippen LogP contribution is 2.40. The fraction of sp³-hybridized carbons (Fsp3) is 0.280. The van der Waals surface area contributed by atoms with Gasteiger partial charge in [0.05, 0.1) is 29.2 Å². The van der Waals surface area contributed by atoms with Gasteiger partial charge in [-0.15, -0.1) is 5.12 Å². The van der Waals surface area contributed by atoms with Crippen LogP contribution in [0.25, 0.3) is 16.8 Å². The number of aryl methyl sites for hydroxylation is 1. The summed E-state index contributed by atoms with van der Waals surface area (Å²) in [6, 6.07) is 14.3. The molecule has 170 valence electrons. The summed E-state index contributed by atoms with van der Waals surface area (Å²) in [7, 11) is 5.63. The second-order valence-corrected chi connectivity index (χ2v) is 8.55. The number of carbonyl (C=O) groups is 1. The van der Waals surface area contributed by atoms with Gasteiger partial charge in [-0.3, -0.25) is 14.5 Å². The number of amides is 1. The average molecular weight is 444 g/mol. The van der Waals surface area contributed by atoms with Crippen LogP contribution in [-0.4, -0.2) is 46.5 Å². The molecule has 0 fully saturated rings. The van der Waals surface area contributed by atoms with E-state index in [1.165, 1.54) is 16.8 Å². The Balaban J connectivity index is 1.62. The Hall–Kier alpha value is -3.78. The van der Waals surface area contributed by atoms with Crippen LogP contribution in [0.5, 0.6) is 0 Å². The fourth-order valence-electron chi connectivity index (χ4n) is 4.81. The second-order valence-electron chi connectivity index (χ2n) is 8.55. The van der Waals surface area contributed by atoms with E-state index in [0.29, 0.717) is 5.56 Å². The van der Waals surface area contributed by atoms with Crippen molar-refractivity contribution in [1.29, 1.82) is 0 Å². The molecule has 3 N–H and O–H groups in total. The van der Waals surface area contributed by atoms with Gasteiger partial charge in [-0.2, -0.15) is 5.10 Å². The number of nitrogens with zero attached hydrogens (tertiary/aromatic N) is 4. The normalized spacial score (nSPS) is 17.8. The largest absolute Gasteiger partial charge is 0.377 e. The standard InChI is InChI=1S/C25H29N7O/c1-16-24-19-10-9-17(18-14-27-30(3)15-18)13-21(19)23(11-12-32(24)31(4)29-16)28-22-8-6-5-7-20(22)25(33)26-2/h5-10,13-15,23,28-29H,11-12H2,1-4H3,(H,26,33). The van der Waals surface area contributed by atoms with Gasteiger partial charge in [-0.1, -0.05) is 24.3 Å². The summed E-state index contributed by atoms with van der Waals surface area (Å²) in [5.41, 5.74) is 11.8. The van der Waals surface area contributed by atoms with Gasteiger partial charge in [-0.05, 0) is 42.7 Å². The predicted molar refractivity (Wildman–Crippen MR) is 130 cm³/mol. The molecule has 8 nitrogen and oxygen atoms in total. The first-order chi connectivity index (χ1) is 16.0. The van der Waals surface area contributed by atoms with Crippen molar-refractivity contribution >= 4 is 17.3 Å². The zero-order chi connectivity index (χ0) is 23.1. The van der Waals surface area contributed by atoms with Crippen LogP contribution in [0, 0.1) is 0 Å². The summed E-state index contributed by atoms with van der Waals surface area (Å²) in [6.45, 7) is 2.95. The van der Waals surface area contributed by atoms with Gasteiger partial charge in [0.25, 0.3) is 5.91 Å². The van der Waals surface area contributed by atoms with Crippen molar-refractivity contribution in [3.05, 3.63) is 77.2 Å². The number of aromatic nitrogens is 2. The number of hydrogen-bond donors (Lipinski definition) is 3. The molecule has 2 aliphatic heterocycles. The number of fused-ring (bicyclic) bond motifs is 3. The first-order valence-corrected chi connectivity index (χ1v) is 11.2. The van der Waals surface area contributed by atoms with Gasteiger partial charge >= 0.3 is 0 Å². The SMILES string of the molecule is CNC(=O)c1ccccc1NC1CCN2C(=C(C)NN2C)c2ccc(-c3cnn(C)c3)cc21. The summed E-state index contributed by atoms with van der Waals surface area (Å²) in [5.74, 6) is -0.0980. The van der Waals surface area contributed by atoms with E-state index >= 15 is 0 Å². The molecule has 0 aliphatic carbocycles. The van der Waals surface area contributed by atoms with Crippen LogP contribution >= 0.6 is 0 Å². The lowest BCUT2D eigenvalue weighted by molar-refractivity contribution is 0.0446. The van der Waals surface area contributed by atoms with Gasteiger partial charge in [0, 0.05) is 50.7 Å². The van der Waals surface area contributed by atoms with E-state index in [2.05, 4.69) is 51.3 Å². The number of nitrogens with one attached hydrogen (secondary N) is 3. The smallest absolute Gasteiger partial charge is 0.253 e. The number of hydrogen-bond acceptors (Lipinski definition) is 6. The van der Waals surface area contributed by atoms with Gasteiger partial charge in [0.15, 0.2) is 0 Å². The summed E-state index contributed by atoms with van der Waals surface area (Å²) in [5, 5.41) is 15.1. The maximum atomic E-state index is 12.5. The molecule has 0 radical (unpaired) electrons. The lowest BCUT2D eigenvalue weighted by atomic mass is 9.93. The second kappa shape index (κ2) is 8.29. The van der Waals surface area contributed by atoms with E-state index in [-0.39, 0.29) is 11.9 Å². The molecule has 33 heavy (non-hydrogen) atoms. The molecule has 1 aromatic heterocycles. The maximum absolute atomic E-state index is 12.5. The third-order valence-corrected chi connectivity index (χ3v) is 6.38. The van der Waals surface area contributed by atoms with Gasteiger partial charge < -0.3 is 16.1 Å². The number of anilines is 1. The van der Waals surface area contributed by atoms with Crippen molar-refractivity contribution in [2.45, 2.75) is 19.4 Å². The molecule has 2 aromatic carbocycles. The average Bonchev–Trinajstić information content (AvgIpc) is 3.32. The highest BCUT2D eigenvalue weighted by molar-refractivity contribution is 5.99. The van der Waals surface area contributed by atoms with Crippen LogP contribution in [-0.2, 0) is 7.05 Å². The van der Waals surface area contributed by atoms with Gasteiger partial charge in [0.2, 0.25) is 0 Å². The molecule has 5 rings (SSSR count). The number of allylic oxidation sites excluding steroid dienone is 1. The number of hydrazine groups is 2. The minimum atomic E-state index is -0.0980. The number of benzene rings is 2. The lowest BCUT2D eigenvalue weighted by Gasteiger charge is -2.27.